The number of carbonyl (C=O) groups excluding carboxylic acids is 1. The van der Waals surface area contributed by atoms with Gasteiger partial charge in [0.15, 0.2) is 5.82 Å². The number of fused-ring (bicyclic) bond motifs is 1. The quantitative estimate of drug-likeness (QED) is 0.769. The second kappa shape index (κ2) is 6.39. The van der Waals surface area contributed by atoms with Gasteiger partial charge in [-0.1, -0.05) is 12.1 Å². The van der Waals surface area contributed by atoms with E-state index in [1.165, 1.54) is 0 Å². The van der Waals surface area contributed by atoms with Gasteiger partial charge in [0.25, 0.3) is 5.91 Å². The molecule has 1 aromatic carbocycles. The summed E-state index contributed by atoms with van der Waals surface area (Å²) in [6.07, 6.45) is 2.53. The first-order valence-corrected chi connectivity index (χ1v) is 8.31. The lowest BCUT2D eigenvalue weighted by atomic mass is 10.1. The van der Waals surface area contributed by atoms with Crippen molar-refractivity contribution < 1.29 is 9.53 Å². The highest BCUT2D eigenvalue weighted by Crippen LogP contribution is 2.25. The molecule has 0 atom stereocenters. The number of nitrogens with one attached hydrogen (secondary N) is 2. The van der Waals surface area contributed by atoms with Crippen molar-refractivity contribution in [1.82, 2.24) is 20.3 Å². The van der Waals surface area contributed by atoms with Crippen LogP contribution in [0.3, 0.4) is 0 Å². The van der Waals surface area contributed by atoms with E-state index in [-0.39, 0.29) is 5.91 Å². The molecule has 6 heteroatoms. The Hall–Kier alpha value is -3.15. The Morgan fingerprint density at radius 2 is 2.16 bits per heavy atom. The third-order valence-electron chi connectivity index (χ3n) is 4.14. The molecular formula is C19H18N4O2. The van der Waals surface area contributed by atoms with Gasteiger partial charge in [0.05, 0.1) is 23.6 Å². The molecule has 0 unspecified atom stereocenters. The van der Waals surface area contributed by atoms with Crippen molar-refractivity contribution in [2.75, 3.05) is 13.2 Å². The fourth-order valence-electron chi connectivity index (χ4n) is 2.97. The van der Waals surface area contributed by atoms with E-state index in [9.17, 15) is 4.79 Å². The number of amides is 1. The first-order valence-electron chi connectivity index (χ1n) is 8.31. The number of benzene rings is 1. The summed E-state index contributed by atoms with van der Waals surface area (Å²) in [5.41, 5.74) is 4.12. The van der Waals surface area contributed by atoms with Crippen LogP contribution in [0.4, 0.5) is 0 Å². The lowest BCUT2D eigenvalue weighted by molar-refractivity contribution is 0.0946. The van der Waals surface area contributed by atoms with Gasteiger partial charge in [-0.15, -0.1) is 0 Å². The maximum atomic E-state index is 11.9. The summed E-state index contributed by atoms with van der Waals surface area (Å²) in [6.45, 7) is 3.22. The molecule has 126 valence electrons. The first-order chi connectivity index (χ1) is 12.2. The van der Waals surface area contributed by atoms with Crippen LogP contribution in [-0.4, -0.2) is 34.0 Å². The van der Waals surface area contributed by atoms with Gasteiger partial charge in [-0.3, -0.25) is 4.79 Å². The number of aromatic amines is 1. The minimum atomic E-state index is -0.0394. The van der Waals surface area contributed by atoms with E-state index < -0.39 is 0 Å². The molecule has 3 aromatic rings. The monoisotopic (exact) mass is 334 g/mol. The first kappa shape index (κ1) is 15.4. The highest BCUT2D eigenvalue weighted by atomic mass is 16.5. The molecule has 1 aliphatic heterocycles. The van der Waals surface area contributed by atoms with E-state index >= 15 is 0 Å². The van der Waals surface area contributed by atoms with Crippen molar-refractivity contribution in [3.8, 4) is 28.5 Å². The van der Waals surface area contributed by atoms with E-state index in [0.717, 1.165) is 34.8 Å². The van der Waals surface area contributed by atoms with Crippen LogP contribution < -0.4 is 10.1 Å². The van der Waals surface area contributed by atoms with Gasteiger partial charge in [-0.05, 0) is 31.2 Å². The smallest absolute Gasteiger partial charge is 0.253 e. The topological polar surface area (TPSA) is 79.9 Å². The van der Waals surface area contributed by atoms with Crippen LogP contribution in [0.5, 0.6) is 5.75 Å². The van der Waals surface area contributed by atoms with Gasteiger partial charge < -0.3 is 15.0 Å². The molecule has 1 amide bonds. The molecule has 0 saturated carbocycles. The van der Waals surface area contributed by atoms with Gasteiger partial charge in [-0.25, -0.2) is 9.97 Å². The number of ether oxygens (including phenoxy) is 1. The van der Waals surface area contributed by atoms with E-state index in [1.807, 2.05) is 43.3 Å². The summed E-state index contributed by atoms with van der Waals surface area (Å²) < 4.78 is 5.54. The predicted molar refractivity (Wildman–Crippen MR) is 94.5 cm³/mol. The molecule has 3 heterocycles. The predicted octanol–water partition coefficient (Wildman–Crippen LogP) is 2.82. The molecule has 6 nitrogen and oxygen atoms in total. The maximum absolute atomic E-state index is 11.9. The van der Waals surface area contributed by atoms with Crippen LogP contribution in [0.15, 0.2) is 42.6 Å². The minimum Gasteiger partial charge on any atom is -0.494 e. The van der Waals surface area contributed by atoms with Crippen LogP contribution >= 0.6 is 0 Å². The Labute approximate surface area is 145 Å². The highest BCUT2D eigenvalue weighted by Gasteiger charge is 2.20. The second-order valence-corrected chi connectivity index (χ2v) is 5.81. The standard InChI is InChI=1S/C19H18N4O2/c1-2-25-13-5-3-4-12(10-13)18-20-8-7-16(23-18)17-11-14-15(22-17)6-9-21-19(14)24/h3-5,7-8,10-11,22H,2,6,9H2,1H3,(H,21,24). The molecule has 0 fully saturated rings. The maximum Gasteiger partial charge on any atom is 0.253 e. The summed E-state index contributed by atoms with van der Waals surface area (Å²) in [7, 11) is 0. The molecule has 0 bridgehead atoms. The fourth-order valence-corrected chi connectivity index (χ4v) is 2.97. The summed E-state index contributed by atoms with van der Waals surface area (Å²) in [5, 5.41) is 2.85. The molecular weight excluding hydrogens is 316 g/mol. The number of rotatable bonds is 4. The summed E-state index contributed by atoms with van der Waals surface area (Å²) >= 11 is 0. The van der Waals surface area contributed by atoms with E-state index in [0.29, 0.717) is 24.5 Å². The molecule has 4 rings (SSSR count). The van der Waals surface area contributed by atoms with Crippen LogP contribution in [-0.2, 0) is 6.42 Å². The van der Waals surface area contributed by atoms with Gasteiger partial charge in [0.1, 0.15) is 5.75 Å². The number of hydrogen-bond acceptors (Lipinski definition) is 4. The zero-order valence-corrected chi connectivity index (χ0v) is 13.9. The SMILES string of the molecule is CCOc1cccc(-c2nccc(-c3cc4c([nH]3)CCNC4=O)n2)c1. The average Bonchev–Trinajstić information content (AvgIpc) is 3.08. The zero-order chi connectivity index (χ0) is 17.2. The van der Waals surface area contributed by atoms with Crippen molar-refractivity contribution in [3.05, 3.63) is 53.9 Å². The Morgan fingerprint density at radius 1 is 1.24 bits per heavy atom. The molecule has 0 spiro atoms. The van der Waals surface area contributed by atoms with Crippen LogP contribution in [0.2, 0.25) is 0 Å². The third kappa shape index (κ3) is 2.98. The highest BCUT2D eigenvalue weighted by molar-refractivity contribution is 5.97. The van der Waals surface area contributed by atoms with Gasteiger partial charge in [0, 0.05) is 30.4 Å². The number of carbonyl (C=O) groups is 1. The number of nitrogens with zero attached hydrogens (tertiary/aromatic N) is 2. The Bertz CT molecular complexity index is 933. The lowest BCUT2D eigenvalue weighted by Gasteiger charge is -2.10. The summed E-state index contributed by atoms with van der Waals surface area (Å²) in [5.74, 6) is 1.37. The molecule has 0 saturated heterocycles. The summed E-state index contributed by atoms with van der Waals surface area (Å²) in [4.78, 5) is 24.3. The van der Waals surface area contributed by atoms with Gasteiger partial charge >= 0.3 is 0 Å². The number of aromatic nitrogens is 3. The molecule has 25 heavy (non-hydrogen) atoms. The van der Waals surface area contributed by atoms with E-state index in [4.69, 9.17) is 4.74 Å². The molecule has 0 aliphatic carbocycles. The fraction of sp³-hybridized carbons (Fsp3) is 0.211. The molecule has 1 aliphatic rings. The van der Waals surface area contributed by atoms with E-state index in [1.54, 1.807) is 6.20 Å². The van der Waals surface area contributed by atoms with Crippen molar-refractivity contribution in [3.63, 3.8) is 0 Å². The van der Waals surface area contributed by atoms with Gasteiger partial charge in [0.2, 0.25) is 0 Å². The van der Waals surface area contributed by atoms with Crippen molar-refractivity contribution in [1.29, 1.82) is 0 Å². The Balaban J connectivity index is 1.70. The largest absolute Gasteiger partial charge is 0.494 e. The van der Waals surface area contributed by atoms with Crippen LogP contribution in [0, 0.1) is 0 Å². The lowest BCUT2D eigenvalue weighted by Crippen LogP contribution is -2.31. The van der Waals surface area contributed by atoms with Crippen molar-refractivity contribution in [2.45, 2.75) is 13.3 Å². The van der Waals surface area contributed by atoms with Crippen LogP contribution in [0.25, 0.3) is 22.8 Å². The normalized spacial score (nSPS) is 13.2. The zero-order valence-electron chi connectivity index (χ0n) is 13.9. The second-order valence-electron chi connectivity index (χ2n) is 5.81. The molecule has 2 aromatic heterocycles. The number of H-pyrrole nitrogens is 1. The van der Waals surface area contributed by atoms with Gasteiger partial charge in [-0.2, -0.15) is 0 Å². The third-order valence-corrected chi connectivity index (χ3v) is 4.14. The van der Waals surface area contributed by atoms with Crippen LogP contribution in [0.1, 0.15) is 23.0 Å². The number of hydrogen-bond donors (Lipinski definition) is 2. The summed E-state index contributed by atoms with van der Waals surface area (Å²) in [6, 6.07) is 11.4. The molecule has 2 N–H and O–H groups in total. The van der Waals surface area contributed by atoms with E-state index in [2.05, 4.69) is 20.3 Å². The minimum absolute atomic E-state index is 0.0394. The van der Waals surface area contributed by atoms with Crippen molar-refractivity contribution >= 4 is 5.91 Å². The molecule has 0 radical (unpaired) electrons. The Kier molecular flexibility index (Phi) is 3.93. The van der Waals surface area contributed by atoms with Crippen molar-refractivity contribution in [2.24, 2.45) is 0 Å². The average molecular weight is 334 g/mol. The Morgan fingerprint density at radius 3 is 3.00 bits per heavy atom.